The van der Waals surface area contributed by atoms with Gasteiger partial charge in [-0.2, -0.15) is 0 Å². The van der Waals surface area contributed by atoms with Crippen LogP contribution in [-0.2, 0) is 9.53 Å². The minimum Gasteiger partial charge on any atom is -0.465 e. The van der Waals surface area contributed by atoms with Crippen LogP contribution in [0.1, 0.15) is 27.6 Å². The Kier molecular flexibility index (Phi) is 4.90. The van der Waals surface area contributed by atoms with Crippen molar-refractivity contribution in [3.63, 3.8) is 0 Å². The van der Waals surface area contributed by atoms with Gasteiger partial charge in [0, 0.05) is 40.0 Å². The molecule has 0 radical (unpaired) electrons. The Balaban J connectivity index is 2.07. The second-order valence-electron chi connectivity index (χ2n) is 5.51. The maximum atomic E-state index is 12.7. The Hall–Kier alpha value is -2.60. The minimum atomic E-state index is -0.611. The Morgan fingerprint density at radius 2 is 1.88 bits per heavy atom. The molecule has 3 rings (SSSR count). The Labute approximate surface area is 149 Å². The highest BCUT2D eigenvalue weighted by Gasteiger charge is 2.34. The van der Waals surface area contributed by atoms with Crippen molar-refractivity contribution in [3.05, 3.63) is 41.5 Å². The third kappa shape index (κ3) is 3.05. The summed E-state index contributed by atoms with van der Waals surface area (Å²) in [4.78, 5) is 38.1. The summed E-state index contributed by atoms with van der Waals surface area (Å²) in [6, 6.07) is 8.70. The lowest BCUT2D eigenvalue weighted by Crippen LogP contribution is -2.43. The lowest BCUT2D eigenvalue weighted by Gasteiger charge is -2.27. The van der Waals surface area contributed by atoms with E-state index in [4.69, 9.17) is 16.3 Å². The molecule has 0 bridgehead atoms. The van der Waals surface area contributed by atoms with Gasteiger partial charge in [0.15, 0.2) is 0 Å². The molecule has 0 aliphatic carbocycles. The topological polar surface area (TPSA) is 75.7 Å². The number of nitrogens with one attached hydrogen (secondary N) is 1. The molecule has 1 heterocycles. The third-order valence-electron chi connectivity index (χ3n) is 3.99. The highest BCUT2D eigenvalue weighted by atomic mass is 35.5. The monoisotopic (exact) mass is 360 g/mol. The second-order valence-corrected chi connectivity index (χ2v) is 5.88. The van der Waals surface area contributed by atoms with Crippen LogP contribution in [0.15, 0.2) is 30.3 Å². The molecule has 0 saturated heterocycles. The van der Waals surface area contributed by atoms with Gasteiger partial charge in [0.05, 0.1) is 6.61 Å². The summed E-state index contributed by atoms with van der Waals surface area (Å²) >= 11 is 5.72. The van der Waals surface area contributed by atoms with E-state index in [0.29, 0.717) is 28.9 Å². The molecule has 130 valence electrons. The van der Waals surface area contributed by atoms with Crippen LogP contribution in [0.2, 0.25) is 0 Å². The predicted molar refractivity (Wildman–Crippen MR) is 95.2 cm³/mol. The fourth-order valence-corrected chi connectivity index (χ4v) is 3.06. The standard InChI is InChI=1S/C18H17ClN2O4/c1-2-25-15(22)10-21-17(23)12-5-3-4-11-14(20-9-8-19)7-6-13(16(11)12)18(21)24/h3-7,20H,2,8-10H2,1H3. The Bertz CT molecular complexity index is 843. The summed E-state index contributed by atoms with van der Waals surface area (Å²) in [6.45, 7) is 2.03. The fourth-order valence-electron chi connectivity index (χ4n) is 2.96. The van der Waals surface area contributed by atoms with Gasteiger partial charge in [-0.3, -0.25) is 19.3 Å². The predicted octanol–water partition coefficient (Wildman–Crippen LogP) is 2.65. The Morgan fingerprint density at radius 3 is 2.56 bits per heavy atom. The number of rotatable bonds is 6. The summed E-state index contributed by atoms with van der Waals surface area (Å²) in [7, 11) is 0. The zero-order chi connectivity index (χ0) is 18.0. The fraction of sp³-hybridized carbons (Fsp3) is 0.278. The molecule has 6 nitrogen and oxygen atoms in total. The van der Waals surface area contributed by atoms with Gasteiger partial charge < -0.3 is 10.1 Å². The van der Waals surface area contributed by atoms with E-state index in [1.807, 2.05) is 6.07 Å². The van der Waals surface area contributed by atoms with Crippen LogP contribution in [0.4, 0.5) is 5.69 Å². The maximum absolute atomic E-state index is 12.7. The van der Waals surface area contributed by atoms with Gasteiger partial charge in [0.25, 0.3) is 11.8 Å². The molecular formula is C18H17ClN2O4. The van der Waals surface area contributed by atoms with Crippen LogP contribution < -0.4 is 5.32 Å². The summed E-state index contributed by atoms with van der Waals surface area (Å²) in [5, 5.41) is 4.56. The van der Waals surface area contributed by atoms with Crippen LogP contribution in [-0.4, -0.2) is 48.3 Å². The van der Waals surface area contributed by atoms with Gasteiger partial charge in [0.1, 0.15) is 6.54 Å². The molecule has 0 atom stereocenters. The van der Waals surface area contributed by atoms with E-state index in [1.54, 1.807) is 31.2 Å². The van der Waals surface area contributed by atoms with Crippen LogP contribution >= 0.6 is 11.6 Å². The van der Waals surface area contributed by atoms with Crippen molar-refractivity contribution in [2.45, 2.75) is 6.92 Å². The lowest BCUT2D eigenvalue weighted by atomic mass is 9.93. The minimum absolute atomic E-state index is 0.191. The molecule has 0 spiro atoms. The van der Waals surface area contributed by atoms with Gasteiger partial charge in [-0.15, -0.1) is 11.6 Å². The molecule has 2 aromatic rings. The average Bonchev–Trinajstić information content (AvgIpc) is 2.61. The summed E-state index contributed by atoms with van der Waals surface area (Å²) < 4.78 is 4.86. The quantitative estimate of drug-likeness (QED) is 0.487. The van der Waals surface area contributed by atoms with Crippen molar-refractivity contribution in [1.29, 1.82) is 0 Å². The molecular weight excluding hydrogens is 344 g/mol. The first-order chi connectivity index (χ1) is 12.1. The lowest BCUT2D eigenvalue weighted by molar-refractivity contribution is -0.143. The van der Waals surface area contributed by atoms with E-state index in [1.165, 1.54) is 0 Å². The zero-order valence-corrected chi connectivity index (χ0v) is 14.4. The number of esters is 1. The number of carbonyl (C=O) groups excluding carboxylic acids is 3. The number of nitrogens with zero attached hydrogens (tertiary/aromatic N) is 1. The highest BCUT2D eigenvalue weighted by Crippen LogP contribution is 2.34. The van der Waals surface area contributed by atoms with Crippen molar-refractivity contribution in [2.75, 3.05) is 30.9 Å². The number of amides is 2. The van der Waals surface area contributed by atoms with E-state index < -0.39 is 24.3 Å². The van der Waals surface area contributed by atoms with Crippen LogP contribution in [0, 0.1) is 0 Å². The molecule has 0 unspecified atom stereocenters. The van der Waals surface area contributed by atoms with Crippen molar-refractivity contribution in [1.82, 2.24) is 4.90 Å². The molecule has 0 saturated carbocycles. The van der Waals surface area contributed by atoms with Gasteiger partial charge in [-0.05, 0) is 25.1 Å². The molecule has 25 heavy (non-hydrogen) atoms. The second kappa shape index (κ2) is 7.11. The van der Waals surface area contributed by atoms with Crippen molar-refractivity contribution >= 4 is 45.8 Å². The molecule has 1 aliphatic heterocycles. The van der Waals surface area contributed by atoms with Crippen LogP contribution in [0.5, 0.6) is 0 Å². The van der Waals surface area contributed by atoms with E-state index in [2.05, 4.69) is 5.32 Å². The average molecular weight is 361 g/mol. The van der Waals surface area contributed by atoms with Crippen LogP contribution in [0.3, 0.4) is 0 Å². The first kappa shape index (κ1) is 17.2. The van der Waals surface area contributed by atoms with Gasteiger partial charge >= 0.3 is 5.97 Å². The summed E-state index contributed by atoms with van der Waals surface area (Å²) in [5.41, 5.74) is 1.59. The van der Waals surface area contributed by atoms with Gasteiger partial charge in [0.2, 0.25) is 0 Å². The van der Waals surface area contributed by atoms with E-state index >= 15 is 0 Å². The number of benzene rings is 2. The molecule has 0 aromatic heterocycles. The normalized spacial score (nSPS) is 13.3. The SMILES string of the molecule is CCOC(=O)CN1C(=O)c2cccc3c(NCCCl)ccc(c23)C1=O. The number of hydrogen-bond acceptors (Lipinski definition) is 5. The first-order valence-corrected chi connectivity index (χ1v) is 8.49. The van der Waals surface area contributed by atoms with E-state index in [9.17, 15) is 14.4 Å². The van der Waals surface area contributed by atoms with E-state index in [-0.39, 0.29) is 6.61 Å². The third-order valence-corrected chi connectivity index (χ3v) is 4.18. The molecule has 1 N–H and O–H groups in total. The van der Waals surface area contributed by atoms with Crippen LogP contribution in [0.25, 0.3) is 10.8 Å². The van der Waals surface area contributed by atoms with Gasteiger partial charge in [-0.25, -0.2) is 0 Å². The van der Waals surface area contributed by atoms with Crippen molar-refractivity contribution in [3.8, 4) is 0 Å². The first-order valence-electron chi connectivity index (χ1n) is 7.95. The number of alkyl halides is 1. The molecule has 2 amide bonds. The molecule has 0 fully saturated rings. The number of hydrogen-bond donors (Lipinski definition) is 1. The Morgan fingerprint density at radius 1 is 1.16 bits per heavy atom. The zero-order valence-electron chi connectivity index (χ0n) is 13.7. The number of halogens is 1. The smallest absolute Gasteiger partial charge is 0.326 e. The number of anilines is 1. The van der Waals surface area contributed by atoms with E-state index in [0.717, 1.165) is 16.0 Å². The summed E-state index contributed by atoms with van der Waals surface area (Å²) in [5.74, 6) is -1.16. The van der Waals surface area contributed by atoms with Crippen molar-refractivity contribution in [2.24, 2.45) is 0 Å². The van der Waals surface area contributed by atoms with Crippen molar-refractivity contribution < 1.29 is 19.1 Å². The van der Waals surface area contributed by atoms with Gasteiger partial charge in [-0.1, -0.05) is 12.1 Å². The highest BCUT2D eigenvalue weighted by molar-refractivity contribution is 6.27. The number of ether oxygens (including phenoxy) is 1. The molecule has 1 aliphatic rings. The number of carbonyl (C=O) groups is 3. The number of imide groups is 1. The summed E-state index contributed by atoms with van der Waals surface area (Å²) in [6.07, 6.45) is 0. The molecule has 7 heteroatoms. The molecule has 2 aromatic carbocycles. The largest absolute Gasteiger partial charge is 0.465 e. The maximum Gasteiger partial charge on any atom is 0.326 e.